The van der Waals surface area contributed by atoms with E-state index in [0.29, 0.717) is 17.3 Å². The van der Waals surface area contributed by atoms with Crippen LogP contribution in [-0.2, 0) is 10.0 Å². The van der Waals surface area contributed by atoms with Crippen molar-refractivity contribution in [3.8, 4) is 5.75 Å². The molecule has 1 aliphatic rings. The molecule has 1 heterocycles. The predicted octanol–water partition coefficient (Wildman–Crippen LogP) is 2.52. The zero-order chi connectivity index (χ0) is 13.3. The highest BCUT2D eigenvalue weighted by molar-refractivity contribution is 7.89. The minimum atomic E-state index is -3.44. The first-order chi connectivity index (χ1) is 8.46. The second kappa shape index (κ2) is 5.07. The Morgan fingerprint density at radius 1 is 1.44 bits per heavy atom. The molecule has 18 heavy (non-hydrogen) atoms. The van der Waals surface area contributed by atoms with Crippen LogP contribution in [0.5, 0.6) is 5.75 Å². The molecule has 0 aliphatic carbocycles. The predicted molar refractivity (Wildman–Crippen MR) is 70.6 cm³/mol. The van der Waals surface area contributed by atoms with Crippen molar-refractivity contribution in [1.82, 2.24) is 4.31 Å². The number of sulfonamides is 1. The summed E-state index contributed by atoms with van der Waals surface area (Å²) >= 11 is 5.97. The minimum Gasteiger partial charge on any atom is -0.495 e. The van der Waals surface area contributed by atoms with Crippen LogP contribution in [0.25, 0.3) is 0 Å². The molecule has 6 heteroatoms. The molecule has 0 amide bonds. The molecular formula is C12H16ClNO3S. The fourth-order valence-electron chi connectivity index (χ4n) is 2.21. The molecule has 1 aromatic rings. The lowest BCUT2D eigenvalue weighted by atomic mass is 10.3. The second-order valence-corrected chi connectivity index (χ2v) is 6.70. The molecule has 4 nitrogen and oxygen atoms in total. The Balaban J connectivity index is 2.38. The van der Waals surface area contributed by atoms with Gasteiger partial charge in [0.25, 0.3) is 0 Å². The van der Waals surface area contributed by atoms with Crippen molar-refractivity contribution in [2.45, 2.75) is 30.7 Å². The van der Waals surface area contributed by atoms with Gasteiger partial charge in [-0.2, -0.15) is 4.31 Å². The Hall–Kier alpha value is -0.780. The Bertz CT molecular complexity index is 544. The van der Waals surface area contributed by atoms with E-state index in [4.69, 9.17) is 16.3 Å². The van der Waals surface area contributed by atoms with E-state index in [-0.39, 0.29) is 10.9 Å². The molecule has 0 bridgehead atoms. The number of methoxy groups -OCH3 is 1. The summed E-state index contributed by atoms with van der Waals surface area (Å²) in [7, 11) is -1.94. The van der Waals surface area contributed by atoms with Gasteiger partial charge in [-0.05, 0) is 38.0 Å². The molecule has 2 rings (SSSR count). The van der Waals surface area contributed by atoms with Crippen LogP contribution in [0, 0.1) is 0 Å². The topological polar surface area (TPSA) is 46.6 Å². The third kappa shape index (κ3) is 2.35. The number of nitrogens with zero attached hydrogens (tertiary/aromatic N) is 1. The van der Waals surface area contributed by atoms with Gasteiger partial charge < -0.3 is 4.74 Å². The normalized spacial score (nSPS) is 21.2. The van der Waals surface area contributed by atoms with E-state index in [9.17, 15) is 8.42 Å². The molecule has 100 valence electrons. The van der Waals surface area contributed by atoms with Gasteiger partial charge in [0.15, 0.2) is 0 Å². The van der Waals surface area contributed by atoms with E-state index in [2.05, 4.69) is 0 Å². The standard InChI is InChI=1S/C12H16ClNO3S/c1-9-4-3-7-14(9)18(15,16)10-5-6-12(17-2)11(13)8-10/h5-6,8-9H,3-4,7H2,1-2H3. The molecule has 1 atom stereocenters. The minimum absolute atomic E-state index is 0.0517. The summed E-state index contributed by atoms with van der Waals surface area (Å²) in [6, 6.07) is 4.61. The quantitative estimate of drug-likeness (QED) is 0.859. The average Bonchev–Trinajstić information content (AvgIpc) is 2.76. The third-order valence-corrected chi connectivity index (χ3v) is 5.53. The van der Waals surface area contributed by atoms with Gasteiger partial charge in [-0.15, -0.1) is 0 Å². The molecular weight excluding hydrogens is 274 g/mol. The van der Waals surface area contributed by atoms with Gasteiger partial charge >= 0.3 is 0 Å². The first-order valence-corrected chi connectivity index (χ1v) is 7.64. The first kappa shape index (κ1) is 13.6. The number of hydrogen-bond donors (Lipinski definition) is 0. The lowest BCUT2D eigenvalue weighted by Crippen LogP contribution is -2.33. The van der Waals surface area contributed by atoms with Gasteiger partial charge in [0.2, 0.25) is 10.0 Å². The van der Waals surface area contributed by atoms with Crippen molar-refractivity contribution in [3.63, 3.8) is 0 Å². The van der Waals surface area contributed by atoms with Crippen LogP contribution in [0.15, 0.2) is 23.1 Å². The smallest absolute Gasteiger partial charge is 0.243 e. The number of benzene rings is 1. The van der Waals surface area contributed by atoms with Crippen molar-refractivity contribution in [2.24, 2.45) is 0 Å². The van der Waals surface area contributed by atoms with Crippen LogP contribution in [-0.4, -0.2) is 32.4 Å². The zero-order valence-electron chi connectivity index (χ0n) is 10.4. The first-order valence-electron chi connectivity index (χ1n) is 5.82. The van der Waals surface area contributed by atoms with Gasteiger partial charge in [0.05, 0.1) is 17.0 Å². The number of halogens is 1. The Morgan fingerprint density at radius 3 is 2.67 bits per heavy atom. The maximum absolute atomic E-state index is 12.4. The van der Waals surface area contributed by atoms with Crippen molar-refractivity contribution in [1.29, 1.82) is 0 Å². The maximum atomic E-state index is 12.4. The summed E-state index contributed by atoms with van der Waals surface area (Å²) in [4.78, 5) is 0.224. The maximum Gasteiger partial charge on any atom is 0.243 e. The lowest BCUT2D eigenvalue weighted by Gasteiger charge is -2.21. The molecule has 1 saturated heterocycles. The average molecular weight is 290 g/mol. The van der Waals surface area contributed by atoms with Gasteiger partial charge in [0.1, 0.15) is 5.75 Å². The molecule has 0 aromatic heterocycles. The van der Waals surface area contributed by atoms with Crippen LogP contribution >= 0.6 is 11.6 Å². The largest absolute Gasteiger partial charge is 0.495 e. The fraction of sp³-hybridized carbons (Fsp3) is 0.500. The summed E-state index contributed by atoms with van der Waals surface area (Å²) in [6.45, 7) is 2.50. The van der Waals surface area contributed by atoms with Gasteiger partial charge in [0, 0.05) is 12.6 Å². The summed E-state index contributed by atoms with van der Waals surface area (Å²) in [5.41, 5.74) is 0. The third-order valence-electron chi connectivity index (χ3n) is 3.22. The summed E-state index contributed by atoms with van der Waals surface area (Å²) in [5.74, 6) is 0.477. The molecule has 1 aromatic carbocycles. The summed E-state index contributed by atoms with van der Waals surface area (Å²) < 4.78 is 31.4. The van der Waals surface area contributed by atoms with E-state index in [1.54, 1.807) is 6.07 Å². The van der Waals surface area contributed by atoms with Crippen molar-refractivity contribution in [2.75, 3.05) is 13.7 Å². The second-order valence-electron chi connectivity index (χ2n) is 4.40. The van der Waals surface area contributed by atoms with Crippen LogP contribution in [0.3, 0.4) is 0 Å². The molecule has 0 N–H and O–H groups in total. The SMILES string of the molecule is COc1ccc(S(=O)(=O)N2CCCC2C)cc1Cl. The van der Waals surface area contributed by atoms with E-state index >= 15 is 0 Å². The van der Waals surface area contributed by atoms with E-state index in [1.165, 1.54) is 23.5 Å². The Kier molecular flexibility index (Phi) is 3.84. The van der Waals surface area contributed by atoms with Crippen LogP contribution in [0.4, 0.5) is 0 Å². The van der Waals surface area contributed by atoms with Crippen LogP contribution in [0.2, 0.25) is 5.02 Å². The van der Waals surface area contributed by atoms with E-state index < -0.39 is 10.0 Å². The highest BCUT2D eigenvalue weighted by Gasteiger charge is 2.32. The summed E-state index contributed by atoms with van der Waals surface area (Å²) in [5, 5.41) is 0.311. The van der Waals surface area contributed by atoms with E-state index in [0.717, 1.165) is 12.8 Å². The number of ether oxygens (including phenoxy) is 1. The summed E-state index contributed by atoms with van der Waals surface area (Å²) in [6.07, 6.45) is 1.81. The molecule has 0 saturated carbocycles. The number of hydrogen-bond acceptors (Lipinski definition) is 3. The van der Waals surface area contributed by atoms with Crippen LogP contribution in [0.1, 0.15) is 19.8 Å². The lowest BCUT2D eigenvalue weighted by molar-refractivity contribution is 0.407. The van der Waals surface area contributed by atoms with Crippen LogP contribution < -0.4 is 4.74 Å². The van der Waals surface area contributed by atoms with Gasteiger partial charge in [-0.1, -0.05) is 11.6 Å². The van der Waals surface area contributed by atoms with Gasteiger partial charge in [-0.25, -0.2) is 8.42 Å². The molecule has 1 unspecified atom stereocenters. The zero-order valence-corrected chi connectivity index (χ0v) is 12.0. The Labute approximate surface area is 113 Å². The van der Waals surface area contributed by atoms with Crippen molar-refractivity contribution >= 4 is 21.6 Å². The number of rotatable bonds is 3. The molecule has 0 radical (unpaired) electrons. The van der Waals surface area contributed by atoms with Gasteiger partial charge in [-0.3, -0.25) is 0 Å². The highest BCUT2D eigenvalue weighted by Crippen LogP contribution is 2.31. The molecule has 1 fully saturated rings. The van der Waals surface area contributed by atoms with E-state index in [1.807, 2.05) is 6.92 Å². The highest BCUT2D eigenvalue weighted by atomic mass is 35.5. The Morgan fingerprint density at radius 2 is 2.17 bits per heavy atom. The van der Waals surface area contributed by atoms with Crippen molar-refractivity contribution in [3.05, 3.63) is 23.2 Å². The molecule has 0 spiro atoms. The fourth-order valence-corrected chi connectivity index (χ4v) is 4.26. The monoisotopic (exact) mass is 289 g/mol. The molecule has 1 aliphatic heterocycles. The van der Waals surface area contributed by atoms with Crippen molar-refractivity contribution < 1.29 is 13.2 Å².